The first-order chi connectivity index (χ1) is 6.68. The molecule has 1 aromatic rings. The van der Waals surface area contributed by atoms with E-state index in [0.29, 0.717) is 5.41 Å². The Bertz CT molecular complexity index is 332. The van der Waals surface area contributed by atoms with Crippen molar-refractivity contribution in [1.82, 2.24) is 0 Å². The van der Waals surface area contributed by atoms with Gasteiger partial charge in [0.1, 0.15) is 0 Å². The highest BCUT2D eigenvalue weighted by atomic mass is 79.9. The van der Waals surface area contributed by atoms with Crippen molar-refractivity contribution in [3.05, 3.63) is 34.9 Å². The van der Waals surface area contributed by atoms with Crippen LogP contribution in [0.5, 0.6) is 0 Å². The van der Waals surface area contributed by atoms with Crippen LogP contribution in [-0.4, -0.2) is 5.33 Å². The van der Waals surface area contributed by atoms with Crippen LogP contribution in [0, 0.1) is 13.8 Å². The number of benzene rings is 1. The number of aryl methyl sites for hydroxylation is 2. The molecular formula is C13H17Br. The van der Waals surface area contributed by atoms with Gasteiger partial charge in [-0.1, -0.05) is 40.5 Å². The van der Waals surface area contributed by atoms with E-state index < -0.39 is 0 Å². The highest BCUT2D eigenvalue weighted by Crippen LogP contribution is 2.45. The van der Waals surface area contributed by atoms with Crippen molar-refractivity contribution in [2.24, 2.45) is 0 Å². The van der Waals surface area contributed by atoms with E-state index in [9.17, 15) is 0 Å². The molecule has 76 valence electrons. The molecule has 0 N–H and O–H groups in total. The number of hydrogen-bond donors (Lipinski definition) is 0. The van der Waals surface area contributed by atoms with Crippen LogP contribution in [0.4, 0.5) is 0 Å². The fourth-order valence-electron chi connectivity index (χ4n) is 2.17. The maximum atomic E-state index is 3.66. The smallest absolute Gasteiger partial charge is 0.0129 e. The van der Waals surface area contributed by atoms with Crippen molar-refractivity contribution < 1.29 is 0 Å². The van der Waals surface area contributed by atoms with Crippen LogP contribution in [0.25, 0.3) is 0 Å². The van der Waals surface area contributed by atoms with Crippen LogP contribution in [0.1, 0.15) is 36.0 Å². The predicted molar refractivity (Wildman–Crippen MR) is 65.2 cm³/mol. The van der Waals surface area contributed by atoms with Gasteiger partial charge in [-0.15, -0.1) is 0 Å². The van der Waals surface area contributed by atoms with Crippen LogP contribution in [0.15, 0.2) is 18.2 Å². The Balaban J connectivity index is 2.36. The predicted octanol–water partition coefficient (Wildman–Crippen LogP) is 4.12. The molecule has 0 bridgehead atoms. The molecule has 0 spiro atoms. The Labute approximate surface area is 94.8 Å². The Kier molecular flexibility index (Phi) is 2.70. The highest BCUT2D eigenvalue weighted by Gasteiger charge is 2.37. The molecule has 2 rings (SSSR count). The monoisotopic (exact) mass is 252 g/mol. The third kappa shape index (κ3) is 1.52. The average molecular weight is 253 g/mol. The number of alkyl halides is 1. The Morgan fingerprint density at radius 3 is 2.36 bits per heavy atom. The van der Waals surface area contributed by atoms with E-state index in [1.54, 1.807) is 0 Å². The number of halogens is 1. The highest BCUT2D eigenvalue weighted by molar-refractivity contribution is 9.09. The van der Waals surface area contributed by atoms with Gasteiger partial charge in [0.15, 0.2) is 0 Å². The SMILES string of the molecule is Cc1ccc(C2(CBr)CCC2)cc1C. The minimum Gasteiger partial charge on any atom is -0.0918 e. The van der Waals surface area contributed by atoms with E-state index in [2.05, 4.69) is 48.0 Å². The van der Waals surface area contributed by atoms with Gasteiger partial charge in [-0.2, -0.15) is 0 Å². The van der Waals surface area contributed by atoms with Crippen molar-refractivity contribution in [3.8, 4) is 0 Å². The second-order valence-corrected chi connectivity index (χ2v) is 5.13. The summed E-state index contributed by atoms with van der Waals surface area (Å²) in [5, 5.41) is 1.11. The van der Waals surface area contributed by atoms with Gasteiger partial charge >= 0.3 is 0 Å². The molecule has 1 aliphatic rings. The molecule has 0 nitrogen and oxygen atoms in total. The van der Waals surface area contributed by atoms with Crippen molar-refractivity contribution in [3.63, 3.8) is 0 Å². The van der Waals surface area contributed by atoms with Crippen molar-refractivity contribution in [2.75, 3.05) is 5.33 Å². The lowest BCUT2D eigenvalue weighted by atomic mass is 9.66. The molecule has 0 atom stereocenters. The first-order valence-corrected chi connectivity index (χ1v) is 6.44. The molecule has 0 radical (unpaired) electrons. The van der Waals surface area contributed by atoms with Gasteiger partial charge < -0.3 is 0 Å². The lowest BCUT2D eigenvalue weighted by Crippen LogP contribution is -2.35. The fraction of sp³-hybridized carbons (Fsp3) is 0.538. The largest absolute Gasteiger partial charge is 0.0918 e. The molecule has 1 saturated carbocycles. The van der Waals surface area contributed by atoms with E-state index in [1.165, 1.54) is 36.0 Å². The zero-order valence-corrected chi connectivity index (χ0v) is 10.5. The first-order valence-electron chi connectivity index (χ1n) is 5.32. The van der Waals surface area contributed by atoms with Crippen LogP contribution in [0.2, 0.25) is 0 Å². The first kappa shape index (κ1) is 10.2. The Hall–Kier alpha value is -0.300. The summed E-state index contributed by atoms with van der Waals surface area (Å²) in [5.74, 6) is 0. The topological polar surface area (TPSA) is 0 Å². The number of rotatable bonds is 2. The van der Waals surface area contributed by atoms with Crippen molar-refractivity contribution in [2.45, 2.75) is 38.5 Å². The lowest BCUT2D eigenvalue weighted by molar-refractivity contribution is 0.280. The molecule has 0 heterocycles. The average Bonchev–Trinajstić information content (AvgIpc) is 2.10. The third-order valence-electron chi connectivity index (χ3n) is 3.69. The van der Waals surface area contributed by atoms with Gasteiger partial charge in [0.25, 0.3) is 0 Å². The van der Waals surface area contributed by atoms with E-state index in [0.717, 1.165) is 5.33 Å². The molecule has 1 fully saturated rings. The van der Waals surface area contributed by atoms with E-state index in [4.69, 9.17) is 0 Å². The summed E-state index contributed by atoms with van der Waals surface area (Å²) in [6.07, 6.45) is 4.08. The van der Waals surface area contributed by atoms with Gasteiger partial charge in [-0.05, 0) is 43.4 Å². The second kappa shape index (κ2) is 3.69. The zero-order valence-electron chi connectivity index (χ0n) is 8.94. The van der Waals surface area contributed by atoms with Crippen LogP contribution in [0.3, 0.4) is 0 Å². The van der Waals surface area contributed by atoms with Crippen molar-refractivity contribution in [1.29, 1.82) is 0 Å². The molecule has 14 heavy (non-hydrogen) atoms. The maximum absolute atomic E-state index is 3.66. The molecule has 0 saturated heterocycles. The van der Waals surface area contributed by atoms with Gasteiger partial charge in [-0.25, -0.2) is 0 Å². The van der Waals surface area contributed by atoms with Crippen molar-refractivity contribution >= 4 is 15.9 Å². The summed E-state index contributed by atoms with van der Waals surface area (Å²) in [7, 11) is 0. The molecular weight excluding hydrogens is 236 g/mol. The standard InChI is InChI=1S/C13H17Br/c1-10-4-5-12(8-11(10)2)13(9-14)6-3-7-13/h4-5,8H,3,6-7,9H2,1-2H3. The van der Waals surface area contributed by atoms with E-state index in [1.807, 2.05) is 0 Å². The quantitative estimate of drug-likeness (QED) is 0.695. The lowest BCUT2D eigenvalue weighted by Gasteiger charge is -2.41. The van der Waals surface area contributed by atoms with Gasteiger partial charge in [0, 0.05) is 10.7 Å². The van der Waals surface area contributed by atoms with E-state index >= 15 is 0 Å². The summed E-state index contributed by atoms with van der Waals surface area (Å²) in [6, 6.07) is 6.94. The van der Waals surface area contributed by atoms with E-state index in [-0.39, 0.29) is 0 Å². The zero-order chi connectivity index (χ0) is 10.2. The minimum absolute atomic E-state index is 0.457. The molecule has 0 aromatic heterocycles. The molecule has 1 aromatic carbocycles. The van der Waals surface area contributed by atoms with Gasteiger partial charge in [0.05, 0.1) is 0 Å². The summed E-state index contributed by atoms with van der Waals surface area (Å²) in [6.45, 7) is 4.39. The summed E-state index contributed by atoms with van der Waals surface area (Å²) in [5.41, 5.74) is 4.81. The Morgan fingerprint density at radius 1 is 1.21 bits per heavy atom. The molecule has 0 aliphatic heterocycles. The summed E-state index contributed by atoms with van der Waals surface area (Å²) in [4.78, 5) is 0. The minimum atomic E-state index is 0.457. The van der Waals surface area contributed by atoms with Gasteiger partial charge in [0.2, 0.25) is 0 Å². The summed E-state index contributed by atoms with van der Waals surface area (Å²) >= 11 is 3.66. The fourth-order valence-corrected chi connectivity index (χ4v) is 3.06. The van der Waals surface area contributed by atoms with Gasteiger partial charge in [-0.3, -0.25) is 0 Å². The molecule has 0 amide bonds. The molecule has 0 unspecified atom stereocenters. The maximum Gasteiger partial charge on any atom is 0.0129 e. The van der Waals surface area contributed by atoms with Crippen LogP contribution >= 0.6 is 15.9 Å². The summed E-state index contributed by atoms with van der Waals surface area (Å²) < 4.78 is 0. The Morgan fingerprint density at radius 2 is 1.93 bits per heavy atom. The third-order valence-corrected chi connectivity index (χ3v) is 4.76. The molecule has 1 aliphatic carbocycles. The normalized spacial score (nSPS) is 19.1. The van der Waals surface area contributed by atoms with Crippen LogP contribution < -0.4 is 0 Å². The molecule has 1 heteroatoms. The number of hydrogen-bond acceptors (Lipinski definition) is 0. The van der Waals surface area contributed by atoms with Crippen LogP contribution in [-0.2, 0) is 5.41 Å². The second-order valence-electron chi connectivity index (χ2n) is 4.57.